The molecule has 1 aromatic carbocycles. The van der Waals surface area contributed by atoms with Crippen LogP contribution in [0, 0.1) is 13.8 Å². The molecule has 0 fully saturated rings. The van der Waals surface area contributed by atoms with Crippen LogP contribution < -0.4 is 5.73 Å². The number of hydrogen-bond donors (Lipinski definition) is 2. The summed E-state index contributed by atoms with van der Waals surface area (Å²) in [5, 5.41) is 3.50. The lowest BCUT2D eigenvalue weighted by Crippen LogP contribution is -1.99. The average molecular weight is 377 g/mol. The molecule has 2 heterocycles. The second-order valence-electron chi connectivity index (χ2n) is 5.83. The van der Waals surface area contributed by atoms with Crippen molar-refractivity contribution in [1.82, 2.24) is 4.98 Å². The molecular weight excluding hydrogens is 356 g/mol. The summed E-state index contributed by atoms with van der Waals surface area (Å²) in [4.78, 5) is 4.97. The molecule has 3 N–H and O–H groups in total. The molecule has 0 bridgehead atoms. The van der Waals surface area contributed by atoms with E-state index in [1.165, 1.54) is 42.6 Å². The Kier molecular flexibility index (Phi) is 4.71. The van der Waals surface area contributed by atoms with Gasteiger partial charge in [0.15, 0.2) is 0 Å². The van der Waals surface area contributed by atoms with Crippen molar-refractivity contribution in [2.75, 3.05) is 6.54 Å². The lowest BCUT2D eigenvalue weighted by molar-refractivity contribution is 0.748. The molecule has 0 aliphatic heterocycles. The minimum Gasteiger partial charge on any atom is -0.353 e. The third-order valence-electron chi connectivity index (χ3n) is 4.08. The molecule has 2 nitrogen and oxygen atoms in total. The van der Waals surface area contributed by atoms with Crippen molar-refractivity contribution in [2.45, 2.75) is 33.1 Å². The highest BCUT2D eigenvalue weighted by Crippen LogP contribution is 2.39. The van der Waals surface area contributed by atoms with Crippen molar-refractivity contribution < 1.29 is 0 Å². The molecule has 0 aliphatic rings. The van der Waals surface area contributed by atoms with Gasteiger partial charge in [-0.3, -0.25) is 0 Å². The number of aromatic amines is 1. The quantitative estimate of drug-likeness (QED) is 0.562. The largest absolute Gasteiger partial charge is 0.353 e. The zero-order chi connectivity index (χ0) is 15.7. The molecule has 22 heavy (non-hydrogen) atoms. The van der Waals surface area contributed by atoms with Crippen LogP contribution in [0.5, 0.6) is 0 Å². The Balaban J connectivity index is 2.19. The van der Waals surface area contributed by atoms with Crippen molar-refractivity contribution in [1.29, 1.82) is 0 Å². The number of unbranched alkanes of at least 4 members (excludes halogenated alkanes) is 1. The number of halogens is 1. The van der Waals surface area contributed by atoms with Gasteiger partial charge in [0.1, 0.15) is 0 Å². The zero-order valence-electron chi connectivity index (χ0n) is 13.0. The molecule has 3 rings (SSSR count). The van der Waals surface area contributed by atoms with Crippen LogP contribution in [0.2, 0.25) is 0 Å². The van der Waals surface area contributed by atoms with E-state index in [1.54, 1.807) is 11.3 Å². The molecule has 4 heteroatoms. The number of benzene rings is 1. The van der Waals surface area contributed by atoms with Crippen LogP contribution in [0.1, 0.15) is 29.5 Å². The minimum absolute atomic E-state index is 0.762. The SMILES string of the molecule is Cc1cc(C)c2[nH]c(-c3sccc3Br)c(CCCCN)c2c1. The molecule has 3 aromatic rings. The molecular formula is C18H21BrN2S. The summed E-state index contributed by atoms with van der Waals surface area (Å²) >= 11 is 5.46. The van der Waals surface area contributed by atoms with E-state index >= 15 is 0 Å². The van der Waals surface area contributed by atoms with Crippen molar-refractivity contribution in [3.05, 3.63) is 44.7 Å². The maximum atomic E-state index is 5.67. The van der Waals surface area contributed by atoms with E-state index in [-0.39, 0.29) is 0 Å². The van der Waals surface area contributed by atoms with Gasteiger partial charge in [-0.2, -0.15) is 0 Å². The van der Waals surface area contributed by atoms with Crippen molar-refractivity contribution >= 4 is 38.2 Å². The Morgan fingerprint density at radius 3 is 2.73 bits per heavy atom. The first-order valence-electron chi connectivity index (χ1n) is 7.67. The summed E-state index contributed by atoms with van der Waals surface area (Å²) in [6, 6.07) is 6.67. The van der Waals surface area contributed by atoms with Crippen LogP contribution in [0.25, 0.3) is 21.5 Å². The van der Waals surface area contributed by atoms with Gasteiger partial charge in [-0.25, -0.2) is 0 Å². The minimum atomic E-state index is 0.762. The molecule has 0 saturated heterocycles. The highest BCUT2D eigenvalue weighted by atomic mass is 79.9. The number of H-pyrrole nitrogens is 1. The molecule has 0 spiro atoms. The number of fused-ring (bicyclic) bond motifs is 1. The van der Waals surface area contributed by atoms with E-state index in [1.807, 2.05) is 0 Å². The van der Waals surface area contributed by atoms with Gasteiger partial charge < -0.3 is 10.7 Å². The fourth-order valence-electron chi connectivity index (χ4n) is 3.08. The number of nitrogens with one attached hydrogen (secondary N) is 1. The first kappa shape index (κ1) is 15.8. The van der Waals surface area contributed by atoms with E-state index in [4.69, 9.17) is 5.73 Å². The Morgan fingerprint density at radius 1 is 1.23 bits per heavy atom. The topological polar surface area (TPSA) is 41.8 Å². The maximum Gasteiger partial charge on any atom is 0.0650 e. The van der Waals surface area contributed by atoms with Crippen molar-refractivity contribution in [3.63, 3.8) is 0 Å². The first-order valence-corrected chi connectivity index (χ1v) is 9.34. The number of rotatable bonds is 5. The Bertz CT molecular complexity index is 801. The van der Waals surface area contributed by atoms with Gasteiger partial charge in [-0.1, -0.05) is 11.6 Å². The van der Waals surface area contributed by atoms with E-state index in [0.29, 0.717) is 0 Å². The smallest absolute Gasteiger partial charge is 0.0650 e. The van der Waals surface area contributed by atoms with Crippen LogP contribution in [0.3, 0.4) is 0 Å². The Hall–Kier alpha value is -1.10. The Morgan fingerprint density at radius 2 is 2.05 bits per heavy atom. The average Bonchev–Trinajstić information content (AvgIpc) is 3.03. The normalized spacial score (nSPS) is 11.5. The maximum absolute atomic E-state index is 5.67. The summed E-state index contributed by atoms with van der Waals surface area (Å²) in [6.07, 6.45) is 3.27. The standard InChI is InChI=1S/C18H21BrN2S/c1-11-9-12(2)16-14(10-11)13(5-3-4-7-20)17(21-16)18-15(19)6-8-22-18/h6,8-10,21H,3-5,7,20H2,1-2H3. The summed E-state index contributed by atoms with van der Waals surface area (Å²) < 4.78 is 1.17. The summed E-state index contributed by atoms with van der Waals surface area (Å²) in [5.41, 5.74) is 12.3. The van der Waals surface area contributed by atoms with Crippen LogP contribution in [0.15, 0.2) is 28.1 Å². The second-order valence-corrected chi connectivity index (χ2v) is 7.60. The van der Waals surface area contributed by atoms with E-state index in [2.05, 4.69) is 58.3 Å². The van der Waals surface area contributed by atoms with Crippen LogP contribution >= 0.6 is 27.3 Å². The number of aryl methyl sites for hydroxylation is 3. The van der Waals surface area contributed by atoms with E-state index in [9.17, 15) is 0 Å². The van der Waals surface area contributed by atoms with Gasteiger partial charge in [0.25, 0.3) is 0 Å². The van der Waals surface area contributed by atoms with Gasteiger partial charge in [-0.05, 0) is 84.2 Å². The third-order valence-corrected chi connectivity index (χ3v) is 5.94. The molecule has 0 atom stereocenters. The molecule has 116 valence electrons. The van der Waals surface area contributed by atoms with Crippen LogP contribution in [0.4, 0.5) is 0 Å². The lowest BCUT2D eigenvalue weighted by atomic mass is 10.0. The Labute approximate surface area is 143 Å². The number of thiophene rings is 1. The molecule has 0 amide bonds. The fraction of sp³-hybridized carbons (Fsp3) is 0.333. The first-order chi connectivity index (χ1) is 10.6. The number of aromatic nitrogens is 1. The van der Waals surface area contributed by atoms with Gasteiger partial charge in [-0.15, -0.1) is 11.3 Å². The molecule has 0 aliphatic carbocycles. The van der Waals surface area contributed by atoms with Gasteiger partial charge in [0, 0.05) is 15.4 Å². The zero-order valence-corrected chi connectivity index (χ0v) is 15.4. The second kappa shape index (κ2) is 6.57. The lowest BCUT2D eigenvalue weighted by Gasteiger charge is -2.05. The van der Waals surface area contributed by atoms with Crippen LogP contribution in [-0.2, 0) is 6.42 Å². The van der Waals surface area contributed by atoms with E-state index < -0.39 is 0 Å². The van der Waals surface area contributed by atoms with Crippen LogP contribution in [-0.4, -0.2) is 11.5 Å². The summed E-state index contributed by atoms with van der Waals surface area (Å²) in [7, 11) is 0. The van der Waals surface area contributed by atoms with Gasteiger partial charge >= 0.3 is 0 Å². The highest BCUT2D eigenvalue weighted by molar-refractivity contribution is 9.10. The molecule has 2 aromatic heterocycles. The van der Waals surface area contributed by atoms with Crippen molar-refractivity contribution in [2.24, 2.45) is 5.73 Å². The molecule has 0 saturated carbocycles. The predicted molar refractivity (Wildman–Crippen MR) is 101 cm³/mol. The summed E-state index contributed by atoms with van der Waals surface area (Å²) in [5.74, 6) is 0. The fourth-order valence-corrected chi connectivity index (χ4v) is 4.68. The third kappa shape index (κ3) is 2.87. The van der Waals surface area contributed by atoms with Crippen molar-refractivity contribution in [3.8, 4) is 10.6 Å². The summed E-state index contributed by atoms with van der Waals surface area (Å²) in [6.45, 7) is 5.12. The van der Waals surface area contributed by atoms with Gasteiger partial charge in [0.05, 0.1) is 10.6 Å². The monoisotopic (exact) mass is 376 g/mol. The number of hydrogen-bond acceptors (Lipinski definition) is 2. The predicted octanol–water partition coefficient (Wildman–Crippen LogP) is 5.56. The highest BCUT2D eigenvalue weighted by Gasteiger charge is 2.17. The molecule has 0 unspecified atom stereocenters. The molecule has 0 radical (unpaired) electrons. The van der Waals surface area contributed by atoms with Gasteiger partial charge in [0.2, 0.25) is 0 Å². The number of nitrogens with two attached hydrogens (primary N) is 1. The van der Waals surface area contributed by atoms with E-state index in [0.717, 1.165) is 25.8 Å².